The number of hydrogen-bond acceptors (Lipinski definition) is 6. The fourth-order valence-corrected chi connectivity index (χ4v) is 3.92. The van der Waals surface area contributed by atoms with E-state index in [1.807, 2.05) is 42.9 Å². The molecule has 0 saturated carbocycles. The van der Waals surface area contributed by atoms with Gasteiger partial charge in [0.15, 0.2) is 0 Å². The third kappa shape index (κ3) is 3.50. The topological polar surface area (TPSA) is 63.8 Å². The summed E-state index contributed by atoms with van der Waals surface area (Å²) in [5, 5.41) is 5.43. The van der Waals surface area contributed by atoms with Crippen molar-refractivity contribution in [2.75, 3.05) is 17.8 Å². The number of nitrogens with two attached hydrogens (primary N) is 1. The van der Waals surface area contributed by atoms with Gasteiger partial charge in [-0.1, -0.05) is 18.2 Å². The second kappa shape index (κ2) is 7.42. The smallest absolute Gasteiger partial charge is 0.119 e. The highest BCUT2D eigenvalue weighted by Crippen LogP contribution is 2.36. The van der Waals surface area contributed by atoms with E-state index in [2.05, 4.69) is 27.4 Å². The average Bonchev–Trinajstić information content (AvgIpc) is 2.62. The summed E-state index contributed by atoms with van der Waals surface area (Å²) in [7, 11) is 0. The van der Waals surface area contributed by atoms with Crippen LogP contribution in [0.3, 0.4) is 0 Å². The van der Waals surface area contributed by atoms with E-state index >= 15 is 0 Å². The Morgan fingerprint density at radius 3 is 2.54 bits per heavy atom. The van der Waals surface area contributed by atoms with Crippen LogP contribution in [-0.4, -0.2) is 22.5 Å². The summed E-state index contributed by atoms with van der Waals surface area (Å²) in [5.74, 6) is 0. The Morgan fingerprint density at radius 2 is 1.79 bits per heavy atom. The summed E-state index contributed by atoms with van der Waals surface area (Å²) in [6.45, 7) is 0. The van der Waals surface area contributed by atoms with Crippen LogP contribution in [0.15, 0.2) is 70.6 Å². The monoisotopic (exact) mass is 356 g/mol. The number of allylic oxidation sites excluding steroid dienone is 2. The van der Waals surface area contributed by atoms with Gasteiger partial charge in [0.05, 0.1) is 11.2 Å². The van der Waals surface area contributed by atoms with Gasteiger partial charge in [0.1, 0.15) is 10.1 Å². The average molecular weight is 357 g/mol. The van der Waals surface area contributed by atoms with E-state index in [9.17, 15) is 0 Å². The summed E-state index contributed by atoms with van der Waals surface area (Å²) in [6.07, 6.45) is 14.5. The molecule has 0 aromatic carbocycles. The zero-order valence-corrected chi connectivity index (χ0v) is 15.3. The van der Waals surface area contributed by atoms with Gasteiger partial charge in [-0.2, -0.15) is 0 Å². The quantitative estimate of drug-likeness (QED) is 0.789. The first-order valence-electron chi connectivity index (χ1n) is 7.59. The molecule has 1 aliphatic rings. The van der Waals surface area contributed by atoms with Crippen LogP contribution in [0.2, 0.25) is 0 Å². The van der Waals surface area contributed by atoms with Gasteiger partial charge in [0, 0.05) is 30.1 Å². The molecule has 0 fully saturated rings. The summed E-state index contributed by atoms with van der Waals surface area (Å²) >= 11 is 3.24. The molecule has 1 unspecified atom stereocenters. The molecule has 1 atom stereocenters. The van der Waals surface area contributed by atoms with Gasteiger partial charge in [-0.3, -0.25) is 0 Å². The molecule has 2 aromatic rings. The van der Waals surface area contributed by atoms with Gasteiger partial charge >= 0.3 is 0 Å². The SMILES string of the molecule is CSc1ncccc1NC1=CC=CC(N)(c2cccnc2SC)C1. The number of pyridine rings is 2. The lowest BCUT2D eigenvalue weighted by Crippen LogP contribution is -2.37. The fourth-order valence-electron chi connectivity index (χ4n) is 2.77. The number of nitrogens with one attached hydrogen (secondary N) is 1. The lowest BCUT2D eigenvalue weighted by molar-refractivity contribution is 0.535. The summed E-state index contributed by atoms with van der Waals surface area (Å²) < 4.78 is 0. The van der Waals surface area contributed by atoms with Crippen LogP contribution in [0, 0.1) is 0 Å². The zero-order valence-electron chi connectivity index (χ0n) is 13.7. The Kier molecular flexibility index (Phi) is 5.28. The number of nitrogens with zero attached hydrogens (tertiary/aromatic N) is 2. The number of rotatable bonds is 5. The maximum Gasteiger partial charge on any atom is 0.119 e. The molecule has 124 valence electrons. The molecule has 6 heteroatoms. The van der Waals surface area contributed by atoms with E-state index in [1.54, 1.807) is 35.9 Å². The molecule has 2 aromatic heterocycles. The third-order valence-electron chi connectivity index (χ3n) is 3.90. The van der Waals surface area contributed by atoms with E-state index in [-0.39, 0.29) is 0 Å². The maximum absolute atomic E-state index is 6.73. The Morgan fingerprint density at radius 1 is 1.08 bits per heavy atom. The van der Waals surface area contributed by atoms with E-state index in [4.69, 9.17) is 5.73 Å². The number of anilines is 1. The minimum atomic E-state index is -0.564. The minimum Gasteiger partial charge on any atom is -0.357 e. The van der Waals surface area contributed by atoms with Crippen molar-refractivity contribution < 1.29 is 0 Å². The minimum absolute atomic E-state index is 0.564. The van der Waals surface area contributed by atoms with Crippen LogP contribution < -0.4 is 11.1 Å². The van der Waals surface area contributed by atoms with Crippen molar-refractivity contribution in [3.63, 3.8) is 0 Å². The lowest BCUT2D eigenvalue weighted by atomic mass is 9.84. The van der Waals surface area contributed by atoms with Crippen LogP contribution in [0.25, 0.3) is 0 Å². The van der Waals surface area contributed by atoms with E-state index in [0.717, 1.165) is 27.0 Å². The second-order valence-corrected chi connectivity index (χ2v) is 7.10. The van der Waals surface area contributed by atoms with Gasteiger partial charge < -0.3 is 11.1 Å². The van der Waals surface area contributed by atoms with E-state index < -0.39 is 5.54 Å². The predicted octanol–water partition coefficient (Wildman–Crippen LogP) is 4.03. The van der Waals surface area contributed by atoms with Crippen molar-refractivity contribution in [2.45, 2.75) is 22.0 Å². The maximum atomic E-state index is 6.73. The molecule has 1 aliphatic carbocycles. The van der Waals surface area contributed by atoms with Crippen molar-refractivity contribution in [3.8, 4) is 0 Å². The highest BCUT2D eigenvalue weighted by atomic mass is 32.2. The molecule has 0 spiro atoms. The van der Waals surface area contributed by atoms with Crippen LogP contribution in [0.1, 0.15) is 12.0 Å². The van der Waals surface area contributed by atoms with Crippen LogP contribution >= 0.6 is 23.5 Å². The molecule has 0 saturated heterocycles. The van der Waals surface area contributed by atoms with Crippen molar-refractivity contribution in [1.29, 1.82) is 0 Å². The van der Waals surface area contributed by atoms with Gasteiger partial charge in [-0.25, -0.2) is 9.97 Å². The second-order valence-electron chi connectivity index (χ2n) is 5.51. The molecule has 0 amide bonds. The number of hydrogen-bond donors (Lipinski definition) is 2. The molecule has 0 radical (unpaired) electrons. The van der Waals surface area contributed by atoms with Gasteiger partial charge in [-0.05, 0) is 36.8 Å². The largest absolute Gasteiger partial charge is 0.357 e. The Bertz CT molecular complexity index is 788. The lowest BCUT2D eigenvalue weighted by Gasteiger charge is -2.31. The van der Waals surface area contributed by atoms with Gasteiger partial charge in [0.25, 0.3) is 0 Å². The number of aromatic nitrogens is 2. The van der Waals surface area contributed by atoms with Crippen LogP contribution in [-0.2, 0) is 5.54 Å². The summed E-state index contributed by atoms with van der Waals surface area (Å²) in [4.78, 5) is 8.85. The summed E-state index contributed by atoms with van der Waals surface area (Å²) in [5.41, 5.74) is 9.29. The molecule has 4 nitrogen and oxygen atoms in total. The van der Waals surface area contributed by atoms with Crippen molar-refractivity contribution in [2.24, 2.45) is 5.73 Å². The zero-order chi connectivity index (χ0) is 17.0. The Labute approximate surface area is 151 Å². The van der Waals surface area contributed by atoms with Crippen LogP contribution in [0.5, 0.6) is 0 Å². The molecule has 0 bridgehead atoms. The van der Waals surface area contributed by atoms with Crippen molar-refractivity contribution in [3.05, 3.63) is 66.1 Å². The Balaban J connectivity index is 1.86. The van der Waals surface area contributed by atoms with Crippen molar-refractivity contribution >= 4 is 29.2 Å². The molecule has 3 rings (SSSR count). The fraction of sp³-hybridized carbons (Fsp3) is 0.222. The molecule has 2 heterocycles. The standard InChI is InChI=1S/C18H20N4S2/c1-23-16-14(7-4-10-20-16)18(19)9-3-6-13(12-18)22-15-8-5-11-21-17(15)24-2/h3-11,22H,12,19H2,1-2H3. The number of thioether (sulfide) groups is 2. The van der Waals surface area contributed by atoms with Gasteiger partial charge in [-0.15, -0.1) is 23.5 Å². The molecular formula is C18H20N4S2. The highest BCUT2D eigenvalue weighted by Gasteiger charge is 2.30. The molecule has 3 N–H and O–H groups in total. The molecule has 24 heavy (non-hydrogen) atoms. The highest BCUT2D eigenvalue weighted by molar-refractivity contribution is 7.98. The van der Waals surface area contributed by atoms with E-state index in [0.29, 0.717) is 6.42 Å². The van der Waals surface area contributed by atoms with Gasteiger partial charge in [0.2, 0.25) is 0 Å². The van der Waals surface area contributed by atoms with Crippen LogP contribution in [0.4, 0.5) is 5.69 Å². The first-order chi connectivity index (χ1) is 11.7. The Hall–Kier alpha value is -1.76. The summed E-state index contributed by atoms with van der Waals surface area (Å²) in [6, 6.07) is 7.97. The first-order valence-corrected chi connectivity index (χ1v) is 10.0. The molecular weight excluding hydrogens is 336 g/mol. The first kappa shape index (κ1) is 17.1. The van der Waals surface area contributed by atoms with E-state index in [1.165, 1.54) is 0 Å². The predicted molar refractivity (Wildman–Crippen MR) is 103 cm³/mol. The van der Waals surface area contributed by atoms with Crippen molar-refractivity contribution in [1.82, 2.24) is 9.97 Å². The normalized spacial score (nSPS) is 19.9. The molecule has 0 aliphatic heterocycles. The third-order valence-corrected chi connectivity index (χ3v) is 5.32.